The third kappa shape index (κ3) is 2.57. The molecule has 1 heterocycles. The van der Waals surface area contributed by atoms with Crippen molar-refractivity contribution in [3.63, 3.8) is 0 Å². The van der Waals surface area contributed by atoms with Crippen LogP contribution in [-0.2, 0) is 4.74 Å². The fourth-order valence-corrected chi connectivity index (χ4v) is 2.41. The van der Waals surface area contributed by atoms with E-state index in [2.05, 4.69) is 15.4 Å². The van der Waals surface area contributed by atoms with Crippen LogP contribution >= 0.6 is 0 Å². The molecule has 7 heteroatoms. The highest BCUT2D eigenvalue weighted by Crippen LogP contribution is 2.38. The highest BCUT2D eigenvalue weighted by Gasteiger charge is 2.23. The fraction of sp³-hybridized carbons (Fsp3) is 0.188. The number of benzene rings is 2. The van der Waals surface area contributed by atoms with Crippen LogP contribution in [0.15, 0.2) is 30.3 Å². The summed E-state index contributed by atoms with van der Waals surface area (Å²) >= 11 is 0. The number of ether oxygens (including phenoxy) is 2. The smallest absolute Gasteiger partial charge is 0.361 e. The standard InChI is InChI=1S/C16H15N3O4/c1-3-23-16(21)15-14(17-19-18-15)13-11-8-10(22-2)6-4-9(11)5-7-12(13)20/h4-8,20H,3H2,1-2H3,(H,17,18,19). The number of nitrogens with zero attached hydrogens (tertiary/aromatic N) is 2. The third-order valence-corrected chi connectivity index (χ3v) is 3.46. The van der Waals surface area contributed by atoms with Crippen LogP contribution in [-0.4, -0.2) is 40.2 Å². The number of carbonyl (C=O) groups excluding carboxylic acids is 1. The molecule has 2 N–H and O–H groups in total. The Hall–Kier alpha value is -3.09. The highest BCUT2D eigenvalue weighted by atomic mass is 16.5. The summed E-state index contributed by atoms with van der Waals surface area (Å²) < 4.78 is 10.2. The first kappa shape index (κ1) is 14.8. The van der Waals surface area contributed by atoms with E-state index in [-0.39, 0.29) is 23.7 Å². The van der Waals surface area contributed by atoms with Gasteiger partial charge in [-0.25, -0.2) is 4.79 Å². The number of nitrogens with one attached hydrogen (secondary N) is 1. The Bertz CT molecular complexity index is 873. The van der Waals surface area contributed by atoms with Gasteiger partial charge in [0.05, 0.1) is 19.3 Å². The number of phenols is 1. The Labute approximate surface area is 131 Å². The van der Waals surface area contributed by atoms with Crippen molar-refractivity contribution >= 4 is 16.7 Å². The molecule has 3 rings (SSSR count). The van der Waals surface area contributed by atoms with Crippen molar-refractivity contribution in [2.75, 3.05) is 13.7 Å². The summed E-state index contributed by atoms with van der Waals surface area (Å²) in [5.74, 6) is 0.0197. The molecule has 0 aliphatic rings. The molecular weight excluding hydrogens is 298 g/mol. The number of fused-ring (bicyclic) bond motifs is 1. The van der Waals surface area contributed by atoms with Gasteiger partial charge in [-0.1, -0.05) is 12.1 Å². The maximum atomic E-state index is 12.0. The summed E-state index contributed by atoms with van der Waals surface area (Å²) in [5.41, 5.74) is 0.662. The first-order chi connectivity index (χ1) is 11.2. The summed E-state index contributed by atoms with van der Waals surface area (Å²) in [6.45, 7) is 1.93. The van der Waals surface area contributed by atoms with Crippen molar-refractivity contribution < 1.29 is 19.4 Å². The Morgan fingerprint density at radius 1 is 1.26 bits per heavy atom. The number of carbonyl (C=O) groups is 1. The molecule has 0 saturated heterocycles. The van der Waals surface area contributed by atoms with Gasteiger partial charge >= 0.3 is 5.97 Å². The second kappa shape index (κ2) is 5.96. The quantitative estimate of drug-likeness (QED) is 0.718. The number of aromatic amines is 1. The Balaban J connectivity index is 2.26. The second-order valence-electron chi connectivity index (χ2n) is 4.79. The number of methoxy groups -OCH3 is 1. The third-order valence-electron chi connectivity index (χ3n) is 3.46. The number of hydrogen-bond donors (Lipinski definition) is 2. The molecule has 1 aromatic heterocycles. The molecule has 0 atom stereocenters. The monoisotopic (exact) mass is 313 g/mol. The van der Waals surface area contributed by atoms with Crippen LogP contribution in [0.25, 0.3) is 22.0 Å². The molecule has 118 valence electrons. The van der Waals surface area contributed by atoms with Gasteiger partial charge in [-0.05, 0) is 35.9 Å². The van der Waals surface area contributed by atoms with Crippen LogP contribution in [0.5, 0.6) is 11.5 Å². The number of rotatable bonds is 4. The number of hydrogen-bond acceptors (Lipinski definition) is 6. The molecule has 0 amide bonds. The van der Waals surface area contributed by atoms with Gasteiger partial charge in [-0.15, -0.1) is 5.10 Å². The second-order valence-corrected chi connectivity index (χ2v) is 4.79. The zero-order valence-electron chi connectivity index (χ0n) is 12.7. The molecule has 0 bridgehead atoms. The van der Waals surface area contributed by atoms with Crippen molar-refractivity contribution in [3.05, 3.63) is 36.0 Å². The van der Waals surface area contributed by atoms with Gasteiger partial charge in [-0.2, -0.15) is 10.3 Å². The van der Waals surface area contributed by atoms with Crippen molar-refractivity contribution in [3.8, 4) is 22.8 Å². The SMILES string of the molecule is CCOC(=O)c1n[nH]nc1-c1c(O)ccc2ccc(OC)cc12. The van der Waals surface area contributed by atoms with Gasteiger partial charge in [0.1, 0.15) is 17.2 Å². The highest BCUT2D eigenvalue weighted by molar-refractivity contribution is 6.04. The number of esters is 1. The maximum absolute atomic E-state index is 12.0. The minimum absolute atomic E-state index is 0.00907. The van der Waals surface area contributed by atoms with Crippen molar-refractivity contribution in [2.45, 2.75) is 6.92 Å². The molecule has 0 aliphatic heterocycles. The van der Waals surface area contributed by atoms with E-state index in [1.54, 1.807) is 32.2 Å². The van der Waals surface area contributed by atoms with E-state index in [1.165, 1.54) is 0 Å². The molecule has 2 aromatic carbocycles. The average Bonchev–Trinajstić information content (AvgIpc) is 3.03. The lowest BCUT2D eigenvalue weighted by Crippen LogP contribution is -2.07. The predicted molar refractivity (Wildman–Crippen MR) is 83.5 cm³/mol. The molecule has 0 saturated carbocycles. The van der Waals surface area contributed by atoms with Crippen LogP contribution in [0.2, 0.25) is 0 Å². The van der Waals surface area contributed by atoms with Crippen LogP contribution in [0, 0.1) is 0 Å². The van der Waals surface area contributed by atoms with Crippen LogP contribution in [0.3, 0.4) is 0 Å². The summed E-state index contributed by atoms with van der Waals surface area (Å²) in [7, 11) is 1.56. The van der Waals surface area contributed by atoms with Crippen molar-refractivity contribution in [1.82, 2.24) is 15.4 Å². The van der Waals surface area contributed by atoms with Crippen LogP contribution < -0.4 is 4.74 Å². The van der Waals surface area contributed by atoms with E-state index >= 15 is 0 Å². The van der Waals surface area contributed by atoms with Crippen LogP contribution in [0.4, 0.5) is 0 Å². The van der Waals surface area contributed by atoms with Gasteiger partial charge in [0.25, 0.3) is 0 Å². The first-order valence-electron chi connectivity index (χ1n) is 7.03. The normalized spacial score (nSPS) is 10.7. The van der Waals surface area contributed by atoms with Gasteiger partial charge in [0.2, 0.25) is 0 Å². The van der Waals surface area contributed by atoms with Gasteiger partial charge in [0.15, 0.2) is 5.69 Å². The summed E-state index contributed by atoms with van der Waals surface area (Å²) in [6.07, 6.45) is 0. The predicted octanol–water partition coefficient (Wildman–Crippen LogP) is 2.52. The molecule has 23 heavy (non-hydrogen) atoms. The lowest BCUT2D eigenvalue weighted by Gasteiger charge is -2.09. The Morgan fingerprint density at radius 3 is 2.78 bits per heavy atom. The molecule has 0 spiro atoms. The number of aromatic nitrogens is 3. The van der Waals surface area contributed by atoms with Crippen molar-refractivity contribution in [1.29, 1.82) is 0 Å². The molecular formula is C16H15N3O4. The maximum Gasteiger partial charge on any atom is 0.361 e. The largest absolute Gasteiger partial charge is 0.507 e. The molecule has 0 unspecified atom stereocenters. The van der Waals surface area contributed by atoms with Crippen molar-refractivity contribution in [2.24, 2.45) is 0 Å². The summed E-state index contributed by atoms with van der Waals surface area (Å²) in [5, 5.41) is 22.2. The Kier molecular flexibility index (Phi) is 3.84. The molecule has 3 aromatic rings. The summed E-state index contributed by atoms with van der Waals surface area (Å²) in [4.78, 5) is 12.0. The van der Waals surface area contributed by atoms with E-state index in [0.29, 0.717) is 16.7 Å². The van der Waals surface area contributed by atoms with Crippen LogP contribution in [0.1, 0.15) is 17.4 Å². The topological polar surface area (TPSA) is 97.3 Å². The minimum atomic E-state index is -0.601. The number of aromatic hydroxyl groups is 1. The van der Waals surface area contributed by atoms with Gasteiger partial charge < -0.3 is 14.6 Å². The van der Waals surface area contributed by atoms with Gasteiger partial charge in [0, 0.05) is 0 Å². The van der Waals surface area contributed by atoms with Gasteiger partial charge in [-0.3, -0.25) is 0 Å². The van der Waals surface area contributed by atoms with E-state index in [1.807, 2.05) is 12.1 Å². The molecule has 7 nitrogen and oxygen atoms in total. The zero-order chi connectivity index (χ0) is 16.4. The number of phenolic OH excluding ortho intramolecular Hbond substituents is 1. The molecule has 0 fully saturated rings. The summed E-state index contributed by atoms with van der Waals surface area (Å²) in [6, 6.07) is 8.78. The lowest BCUT2D eigenvalue weighted by atomic mass is 9.99. The fourth-order valence-electron chi connectivity index (χ4n) is 2.41. The average molecular weight is 313 g/mol. The van der Waals surface area contributed by atoms with E-state index in [9.17, 15) is 9.90 Å². The first-order valence-corrected chi connectivity index (χ1v) is 7.03. The lowest BCUT2D eigenvalue weighted by molar-refractivity contribution is 0.0520. The minimum Gasteiger partial charge on any atom is -0.507 e. The van der Waals surface area contributed by atoms with E-state index < -0.39 is 5.97 Å². The number of H-pyrrole nitrogens is 1. The molecule has 0 aliphatic carbocycles. The zero-order valence-corrected chi connectivity index (χ0v) is 12.7. The van der Waals surface area contributed by atoms with E-state index in [0.717, 1.165) is 5.39 Å². The molecule has 0 radical (unpaired) electrons. The Morgan fingerprint density at radius 2 is 2.04 bits per heavy atom. The van der Waals surface area contributed by atoms with E-state index in [4.69, 9.17) is 9.47 Å².